The molecule has 2 heterocycles. The molecule has 0 radical (unpaired) electrons. The number of pyridine rings is 1. The molecule has 0 amide bonds. The normalized spacial score (nSPS) is 27.2. The van der Waals surface area contributed by atoms with Crippen molar-refractivity contribution in [3.63, 3.8) is 0 Å². The van der Waals surface area contributed by atoms with Gasteiger partial charge in [-0.15, -0.1) is 0 Å². The van der Waals surface area contributed by atoms with Crippen LogP contribution in [0.5, 0.6) is 0 Å². The summed E-state index contributed by atoms with van der Waals surface area (Å²) in [7, 11) is 0. The standard InChI is InChI=1S/C16H25FN2O/c1-11-6-7-19(9-12(11)2)10-13(3)16(20)15-5-4-14(17)8-18-15/h4-5,8,11-13,16,20H,6-7,9-10H2,1-3H3. The predicted octanol–water partition coefficient (Wildman–Crippen LogP) is 2.87. The molecule has 3 nitrogen and oxygen atoms in total. The van der Waals surface area contributed by atoms with Gasteiger partial charge in [-0.25, -0.2) is 4.39 Å². The van der Waals surface area contributed by atoms with Crippen LogP contribution in [0.3, 0.4) is 0 Å². The Labute approximate surface area is 120 Å². The average Bonchev–Trinajstić information content (AvgIpc) is 2.43. The fourth-order valence-corrected chi connectivity index (χ4v) is 2.88. The lowest BCUT2D eigenvalue weighted by molar-refractivity contribution is 0.0605. The smallest absolute Gasteiger partial charge is 0.141 e. The third-order valence-corrected chi connectivity index (χ3v) is 4.56. The van der Waals surface area contributed by atoms with Crippen molar-refractivity contribution in [1.82, 2.24) is 9.88 Å². The van der Waals surface area contributed by atoms with Crippen molar-refractivity contribution >= 4 is 0 Å². The number of likely N-dealkylation sites (tertiary alicyclic amines) is 1. The van der Waals surface area contributed by atoms with Crippen LogP contribution in [0, 0.1) is 23.6 Å². The molecule has 0 bridgehead atoms. The summed E-state index contributed by atoms with van der Waals surface area (Å²) >= 11 is 0. The molecule has 0 aromatic carbocycles. The molecule has 0 saturated carbocycles. The molecule has 0 aliphatic carbocycles. The summed E-state index contributed by atoms with van der Waals surface area (Å²) in [5, 5.41) is 10.3. The third-order valence-electron chi connectivity index (χ3n) is 4.56. The molecule has 20 heavy (non-hydrogen) atoms. The molecule has 1 N–H and O–H groups in total. The molecule has 112 valence electrons. The zero-order valence-corrected chi connectivity index (χ0v) is 12.6. The molecule has 1 aromatic rings. The maximum Gasteiger partial charge on any atom is 0.141 e. The molecule has 1 saturated heterocycles. The van der Waals surface area contributed by atoms with Gasteiger partial charge in [0.1, 0.15) is 5.82 Å². The maximum atomic E-state index is 12.9. The Morgan fingerprint density at radius 3 is 2.75 bits per heavy atom. The third kappa shape index (κ3) is 3.76. The number of halogens is 1. The van der Waals surface area contributed by atoms with Crippen molar-refractivity contribution in [2.75, 3.05) is 19.6 Å². The summed E-state index contributed by atoms with van der Waals surface area (Å²) < 4.78 is 12.9. The van der Waals surface area contributed by atoms with Gasteiger partial charge in [0.15, 0.2) is 0 Å². The maximum absolute atomic E-state index is 12.9. The highest BCUT2D eigenvalue weighted by Crippen LogP contribution is 2.26. The Bertz CT molecular complexity index is 423. The molecule has 2 rings (SSSR count). The monoisotopic (exact) mass is 280 g/mol. The minimum atomic E-state index is -0.634. The molecule has 4 heteroatoms. The highest BCUT2D eigenvalue weighted by Gasteiger charge is 2.26. The van der Waals surface area contributed by atoms with E-state index in [1.807, 2.05) is 6.92 Å². The van der Waals surface area contributed by atoms with Gasteiger partial charge in [-0.1, -0.05) is 20.8 Å². The summed E-state index contributed by atoms with van der Waals surface area (Å²) in [5.41, 5.74) is 0.553. The minimum absolute atomic E-state index is 0.0913. The lowest BCUT2D eigenvalue weighted by atomic mass is 9.88. The van der Waals surface area contributed by atoms with E-state index in [2.05, 4.69) is 23.7 Å². The first kappa shape index (κ1) is 15.4. The molecule has 4 unspecified atom stereocenters. The lowest BCUT2D eigenvalue weighted by Crippen LogP contribution is -2.41. The van der Waals surface area contributed by atoms with E-state index >= 15 is 0 Å². The second-order valence-corrected chi connectivity index (χ2v) is 6.33. The number of aromatic nitrogens is 1. The SMILES string of the molecule is CC1CCN(CC(C)C(O)c2ccc(F)cn2)CC1C. The van der Waals surface area contributed by atoms with Crippen molar-refractivity contribution in [2.45, 2.75) is 33.3 Å². The van der Waals surface area contributed by atoms with Crippen molar-refractivity contribution in [1.29, 1.82) is 0 Å². The van der Waals surface area contributed by atoms with Gasteiger partial charge in [0, 0.05) is 19.0 Å². The average molecular weight is 280 g/mol. The van der Waals surface area contributed by atoms with Gasteiger partial charge in [-0.05, 0) is 36.9 Å². The van der Waals surface area contributed by atoms with E-state index < -0.39 is 6.10 Å². The Kier molecular flexibility index (Phi) is 5.11. The Morgan fingerprint density at radius 1 is 1.40 bits per heavy atom. The number of rotatable bonds is 4. The van der Waals surface area contributed by atoms with E-state index in [4.69, 9.17) is 0 Å². The van der Waals surface area contributed by atoms with Gasteiger partial charge in [-0.2, -0.15) is 0 Å². The van der Waals surface area contributed by atoms with E-state index in [9.17, 15) is 9.50 Å². The minimum Gasteiger partial charge on any atom is -0.386 e. The molecule has 1 aliphatic rings. The Morgan fingerprint density at radius 2 is 2.15 bits per heavy atom. The van der Waals surface area contributed by atoms with E-state index in [1.54, 1.807) is 6.07 Å². The zero-order valence-electron chi connectivity index (χ0n) is 12.6. The predicted molar refractivity (Wildman–Crippen MR) is 77.7 cm³/mol. The summed E-state index contributed by atoms with van der Waals surface area (Å²) in [5.74, 6) is 1.21. The Balaban J connectivity index is 1.91. The van der Waals surface area contributed by atoms with Crippen LogP contribution >= 0.6 is 0 Å². The van der Waals surface area contributed by atoms with Gasteiger partial charge in [-0.3, -0.25) is 4.98 Å². The molecule has 4 atom stereocenters. The molecule has 0 spiro atoms. The highest BCUT2D eigenvalue weighted by molar-refractivity contribution is 5.09. The van der Waals surface area contributed by atoms with Crippen molar-refractivity contribution < 1.29 is 9.50 Å². The highest BCUT2D eigenvalue weighted by atomic mass is 19.1. The number of aliphatic hydroxyl groups is 1. The number of hydrogen-bond acceptors (Lipinski definition) is 3. The summed E-state index contributed by atoms with van der Waals surface area (Å²) in [6.07, 6.45) is 1.75. The van der Waals surface area contributed by atoms with Gasteiger partial charge in [0.25, 0.3) is 0 Å². The Hall–Kier alpha value is -1.00. The summed E-state index contributed by atoms with van der Waals surface area (Å²) in [6, 6.07) is 2.92. The number of aliphatic hydroxyl groups excluding tert-OH is 1. The van der Waals surface area contributed by atoms with Crippen LogP contribution in [0.1, 0.15) is 39.0 Å². The lowest BCUT2D eigenvalue weighted by Gasteiger charge is -2.37. The van der Waals surface area contributed by atoms with Gasteiger partial charge >= 0.3 is 0 Å². The summed E-state index contributed by atoms with van der Waals surface area (Å²) in [4.78, 5) is 6.39. The van der Waals surface area contributed by atoms with E-state index in [1.165, 1.54) is 12.5 Å². The van der Waals surface area contributed by atoms with Crippen molar-refractivity contribution in [3.05, 3.63) is 29.8 Å². The number of piperidine rings is 1. The fraction of sp³-hybridized carbons (Fsp3) is 0.688. The van der Waals surface area contributed by atoms with Crippen molar-refractivity contribution in [2.24, 2.45) is 17.8 Å². The van der Waals surface area contributed by atoms with E-state index in [-0.39, 0.29) is 11.7 Å². The first-order valence-electron chi connectivity index (χ1n) is 7.49. The second-order valence-electron chi connectivity index (χ2n) is 6.33. The van der Waals surface area contributed by atoms with Gasteiger partial charge in [0.2, 0.25) is 0 Å². The van der Waals surface area contributed by atoms with Crippen LogP contribution in [-0.4, -0.2) is 34.6 Å². The molecule has 1 aliphatic heterocycles. The van der Waals surface area contributed by atoms with Crippen LogP contribution in [0.4, 0.5) is 4.39 Å². The first-order chi connectivity index (χ1) is 9.47. The van der Waals surface area contributed by atoms with Crippen molar-refractivity contribution in [3.8, 4) is 0 Å². The molecular weight excluding hydrogens is 255 g/mol. The van der Waals surface area contributed by atoms with Gasteiger partial charge < -0.3 is 10.0 Å². The van der Waals surface area contributed by atoms with Crippen LogP contribution in [0.2, 0.25) is 0 Å². The molecular formula is C16H25FN2O. The van der Waals surface area contributed by atoms with Crippen LogP contribution in [0.15, 0.2) is 18.3 Å². The van der Waals surface area contributed by atoms with E-state index in [0.717, 1.165) is 31.7 Å². The number of nitrogens with zero attached hydrogens (tertiary/aromatic N) is 2. The zero-order chi connectivity index (χ0) is 14.7. The topological polar surface area (TPSA) is 36.4 Å². The number of hydrogen-bond donors (Lipinski definition) is 1. The second kappa shape index (κ2) is 6.64. The largest absolute Gasteiger partial charge is 0.386 e. The molecule has 1 aromatic heterocycles. The quantitative estimate of drug-likeness (QED) is 0.921. The van der Waals surface area contributed by atoms with Crippen LogP contribution in [0.25, 0.3) is 0 Å². The van der Waals surface area contributed by atoms with Crippen LogP contribution in [-0.2, 0) is 0 Å². The fourth-order valence-electron chi connectivity index (χ4n) is 2.88. The van der Waals surface area contributed by atoms with Crippen LogP contribution < -0.4 is 0 Å². The first-order valence-corrected chi connectivity index (χ1v) is 7.49. The summed E-state index contributed by atoms with van der Waals surface area (Å²) in [6.45, 7) is 9.67. The van der Waals surface area contributed by atoms with E-state index in [0.29, 0.717) is 11.6 Å². The molecule has 1 fully saturated rings. The van der Waals surface area contributed by atoms with Gasteiger partial charge in [0.05, 0.1) is 18.0 Å².